The lowest BCUT2D eigenvalue weighted by Crippen LogP contribution is -2.32. The van der Waals surface area contributed by atoms with Crippen LogP contribution >= 0.6 is 12.4 Å². The SMILES string of the molecule is CC(C)(C)OC(=O)NCc1ccc2c(c1)-n1cnnc1CO2.Cl.N#Cc1ccc2c(c1)-n1cnnc1CO2.NCc1ccc2c(c1)-n1cnnc1CO2. The summed E-state index contributed by atoms with van der Waals surface area (Å²) in [7, 11) is 0. The number of fused-ring (bicyclic) bond motifs is 9. The summed E-state index contributed by atoms with van der Waals surface area (Å²) in [6.07, 6.45) is 4.53. The summed E-state index contributed by atoms with van der Waals surface area (Å²) in [5.41, 5.74) is 10.3. The Kier molecular flexibility index (Phi) is 10.5. The topological polar surface area (TPSA) is 208 Å². The number of amides is 1. The molecule has 272 valence electrons. The highest BCUT2D eigenvalue weighted by Gasteiger charge is 2.21. The highest BCUT2D eigenvalue weighted by Crippen LogP contribution is 2.31. The molecule has 3 aromatic heterocycles. The number of carbonyl (C=O) groups excluding carboxylic acids is 1. The molecule has 6 aromatic rings. The first-order valence-electron chi connectivity index (χ1n) is 16.2. The summed E-state index contributed by atoms with van der Waals surface area (Å²) in [4.78, 5) is 11.7. The zero-order valence-corrected chi connectivity index (χ0v) is 29.8. The van der Waals surface area contributed by atoms with Gasteiger partial charge in [0.05, 0.1) is 28.7 Å². The first kappa shape index (κ1) is 36.3. The minimum Gasteiger partial charge on any atom is -0.483 e. The van der Waals surface area contributed by atoms with Crippen molar-refractivity contribution in [2.24, 2.45) is 5.73 Å². The summed E-state index contributed by atoms with van der Waals surface area (Å²) < 4.78 is 27.5. The van der Waals surface area contributed by atoms with E-state index in [1.165, 1.54) is 0 Å². The van der Waals surface area contributed by atoms with E-state index in [1.807, 2.05) is 70.9 Å². The molecule has 3 N–H and O–H groups in total. The Balaban J connectivity index is 0.000000138. The molecular weight excluding hydrogens is 704 g/mol. The number of halogens is 1. The fraction of sp³-hybridized carbons (Fsp3) is 0.257. The van der Waals surface area contributed by atoms with Gasteiger partial charge in [0.2, 0.25) is 0 Å². The number of hydrogen-bond donors (Lipinski definition) is 2. The average Bonchev–Trinajstić information content (AvgIpc) is 3.95. The van der Waals surface area contributed by atoms with Crippen LogP contribution in [0, 0.1) is 11.3 Å². The summed E-state index contributed by atoms with van der Waals surface area (Å²) >= 11 is 0. The fourth-order valence-electron chi connectivity index (χ4n) is 5.47. The first-order valence-corrected chi connectivity index (χ1v) is 16.2. The minimum absolute atomic E-state index is 0. The predicted molar refractivity (Wildman–Crippen MR) is 190 cm³/mol. The number of nitrogens with two attached hydrogens (primary N) is 1. The van der Waals surface area contributed by atoms with Gasteiger partial charge in [0, 0.05) is 13.1 Å². The number of carbonyl (C=O) groups is 1. The molecule has 3 aliphatic heterocycles. The van der Waals surface area contributed by atoms with Crippen molar-refractivity contribution in [3.05, 3.63) is 108 Å². The van der Waals surface area contributed by atoms with Gasteiger partial charge in [-0.05, 0) is 74.4 Å². The molecule has 3 aromatic carbocycles. The number of alkyl carbamates (subject to hydrolysis) is 1. The average molecular weight is 739 g/mol. The molecule has 53 heavy (non-hydrogen) atoms. The van der Waals surface area contributed by atoms with E-state index < -0.39 is 11.7 Å². The van der Waals surface area contributed by atoms with Gasteiger partial charge < -0.3 is 30.0 Å². The van der Waals surface area contributed by atoms with Gasteiger partial charge in [-0.1, -0.05) is 12.1 Å². The Morgan fingerprint density at radius 3 is 1.70 bits per heavy atom. The lowest BCUT2D eigenvalue weighted by atomic mass is 10.1. The normalized spacial score (nSPS) is 12.4. The molecule has 6 heterocycles. The predicted octanol–water partition coefficient (Wildman–Crippen LogP) is 4.26. The maximum absolute atomic E-state index is 11.7. The number of rotatable bonds is 3. The zero-order chi connectivity index (χ0) is 36.2. The van der Waals surface area contributed by atoms with Gasteiger partial charge in [-0.2, -0.15) is 5.26 Å². The lowest BCUT2D eigenvalue weighted by Gasteiger charge is -2.21. The van der Waals surface area contributed by atoms with Gasteiger partial charge in [0.1, 0.15) is 61.7 Å². The second-order valence-electron chi connectivity index (χ2n) is 12.7. The van der Waals surface area contributed by atoms with E-state index in [4.69, 9.17) is 29.9 Å². The molecule has 0 unspecified atom stereocenters. The summed E-state index contributed by atoms with van der Waals surface area (Å²) in [6.45, 7) is 7.67. The monoisotopic (exact) mass is 738 g/mol. The van der Waals surface area contributed by atoms with Crippen LogP contribution in [-0.4, -0.2) is 56.0 Å². The second kappa shape index (κ2) is 15.4. The molecule has 1 amide bonds. The smallest absolute Gasteiger partial charge is 0.407 e. The van der Waals surface area contributed by atoms with Crippen molar-refractivity contribution in [3.8, 4) is 40.4 Å². The molecule has 3 aliphatic rings. The van der Waals surface area contributed by atoms with E-state index in [2.05, 4.69) is 42.0 Å². The number of nitriles is 1. The molecule has 0 fully saturated rings. The second-order valence-corrected chi connectivity index (χ2v) is 12.7. The van der Waals surface area contributed by atoms with Crippen molar-refractivity contribution in [1.82, 2.24) is 49.6 Å². The van der Waals surface area contributed by atoms with E-state index in [0.29, 0.717) is 38.5 Å². The summed E-state index contributed by atoms with van der Waals surface area (Å²) in [6, 6.07) is 19.0. The number of benzene rings is 3. The number of aromatic nitrogens is 9. The van der Waals surface area contributed by atoms with Crippen LogP contribution < -0.4 is 25.3 Å². The third-order valence-corrected chi connectivity index (χ3v) is 7.91. The standard InChI is InChI=1S/C15H18N4O3.C10H10N4O.C10H6N4O.ClH/c1-15(2,3)22-14(20)16-7-10-4-5-12-11(6-10)19-9-17-18-13(19)8-21-12;2*11-4-7-1-2-9-8(3-7)14-6-12-13-10(14)5-15-9;/h4-6,9H,7-8H2,1-3H3,(H,16,20);1-3,6H,4-5,11H2;1-3,6H,5H2;1H. The van der Waals surface area contributed by atoms with Crippen molar-refractivity contribution in [2.75, 3.05) is 0 Å². The van der Waals surface area contributed by atoms with Crippen LogP contribution in [0.15, 0.2) is 73.6 Å². The van der Waals surface area contributed by atoms with E-state index in [0.717, 1.165) is 62.9 Å². The van der Waals surface area contributed by atoms with Crippen LogP contribution in [0.3, 0.4) is 0 Å². The maximum atomic E-state index is 11.7. The molecule has 0 saturated heterocycles. The van der Waals surface area contributed by atoms with Gasteiger partial charge in [0.15, 0.2) is 17.5 Å². The van der Waals surface area contributed by atoms with Crippen molar-refractivity contribution in [3.63, 3.8) is 0 Å². The van der Waals surface area contributed by atoms with Gasteiger partial charge in [-0.15, -0.1) is 43.0 Å². The molecule has 0 saturated carbocycles. The highest BCUT2D eigenvalue weighted by molar-refractivity contribution is 5.85. The van der Waals surface area contributed by atoms with Crippen molar-refractivity contribution < 1.29 is 23.7 Å². The third-order valence-electron chi connectivity index (χ3n) is 7.91. The van der Waals surface area contributed by atoms with Crippen LogP contribution in [0.1, 0.15) is 54.9 Å². The molecular formula is C35H35ClN12O5. The summed E-state index contributed by atoms with van der Waals surface area (Å²) in [5.74, 6) is 4.69. The van der Waals surface area contributed by atoms with Gasteiger partial charge >= 0.3 is 6.09 Å². The molecule has 0 bridgehead atoms. The number of hydrogen-bond acceptors (Lipinski definition) is 13. The van der Waals surface area contributed by atoms with E-state index >= 15 is 0 Å². The van der Waals surface area contributed by atoms with Gasteiger partial charge in [0.25, 0.3) is 0 Å². The van der Waals surface area contributed by atoms with Crippen LogP contribution in [0.4, 0.5) is 4.79 Å². The maximum Gasteiger partial charge on any atom is 0.407 e. The van der Waals surface area contributed by atoms with Gasteiger partial charge in [-0.3, -0.25) is 13.7 Å². The van der Waals surface area contributed by atoms with E-state index in [1.54, 1.807) is 37.2 Å². The van der Waals surface area contributed by atoms with Crippen molar-refractivity contribution in [2.45, 2.75) is 59.3 Å². The van der Waals surface area contributed by atoms with Crippen molar-refractivity contribution in [1.29, 1.82) is 5.26 Å². The Bertz CT molecular complexity index is 2290. The Labute approximate surface area is 309 Å². The highest BCUT2D eigenvalue weighted by atomic mass is 35.5. The van der Waals surface area contributed by atoms with E-state index in [9.17, 15) is 4.79 Å². The van der Waals surface area contributed by atoms with Crippen molar-refractivity contribution >= 4 is 18.5 Å². The first-order chi connectivity index (χ1) is 25.2. The zero-order valence-electron chi connectivity index (χ0n) is 29.0. The summed E-state index contributed by atoms with van der Waals surface area (Å²) in [5, 5.41) is 35.0. The molecule has 0 atom stereocenters. The molecule has 18 heteroatoms. The Morgan fingerprint density at radius 1 is 0.774 bits per heavy atom. The van der Waals surface area contributed by atoms with E-state index in [-0.39, 0.29) is 12.4 Å². The molecule has 0 radical (unpaired) electrons. The minimum atomic E-state index is -0.509. The van der Waals surface area contributed by atoms with Crippen LogP contribution in [0.25, 0.3) is 17.1 Å². The number of ether oxygens (including phenoxy) is 4. The van der Waals surface area contributed by atoms with Crippen LogP contribution in [0.2, 0.25) is 0 Å². The quantitative estimate of drug-likeness (QED) is 0.261. The van der Waals surface area contributed by atoms with Crippen LogP contribution in [-0.2, 0) is 37.6 Å². The molecule has 9 rings (SSSR count). The number of nitrogens with zero attached hydrogens (tertiary/aromatic N) is 10. The lowest BCUT2D eigenvalue weighted by molar-refractivity contribution is 0.0523. The number of nitrogens with one attached hydrogen (secondary N) is 1. The molecule has 0 spiro atoms. The molecule has 0 aliphatic carbocycles. The largest absolute Gasteiger partial charge is 0.483 e. The van der Waals surface area contributed by atoms with Crippen LogP contribution in [0.5, 0.6) is 17.2 Å². The Morgan fingerprint density at radius 2 is 1.23 bits per heavy atom. The third kappa shape index (κ3) is 8.03. The van der Waals surface area contributed by atoms with Gasteiger partial charge in [-0.25, -0.2) is 4.79 Å². The molecule has 17 nitrogen and oxygen atoms in total. The Hall–Kier alpha value is -6.51. The fourth-order valence-corrected chi connectivity index (χ4v) is 5.47.